The van der Waals surface area contributed by atoms with Crippen molar-refractivity contribution in [3.8, 4) is 28.6 Å². The van der Waals surface area contributed by atoms with E-state index in [0.29, 0.717) is 23.2 Å². The maximum absolute atomic E-state index is 6.45. The molecule has 1 N–H and O–H groups in total. The van der Waals surface area contributed by atoms with Gasteiger partial charge in [0.1, 0.15) is 34.8 Å². The summed E-state index contributed by atoms with van der Waals surface area (Å²) >= 11 is 5.83. The molecule has 1 aliphatic heterocycles. The molecule has 7 nitrogen and oxygen atoms in total. The van der Waals surface area contributed by atoms with Crippen molar-refractivity contribution in [3.05, 3.63) is 90.4 Å². The van der Waals surface area contributed by atoms with Gasteiger partial charge in [0.25, 0.3) is 0 Å². The second-order valence-corrected chi connectivity index (χ2v) is 8.58. The van der Waals surface area contributed by atoms with Gasteiger partial charge in [0, 0.05) is 17.8 Å². The van der Waals surface area contributed by atoms with Crippen LogP contribution < -0.4 is 24.4 Å². The minimum atomic E-state index is -0.300. The second kappa shape index (κ2) is 10.3. The normalized spacial score (nSPS) is 17.1. The summed E-state index contributed by atoms with van der Waals surface area (Å²) in [6.45, 7) is 2.59. The molecule has 0 amide bonds. The third-order valence-corrected chi connectivity index (χ3v) is 6.43. The lowest BCUT2D eigenvalue weighted by molar-refractivity contribution is 0.340. The molecule has 8 heteroatoms. The molecule has 1 saturated heterocycles. The Balaban J connectivity index is 1.57. The van der Waals surface area contributed by atoms with E-state index >= 15 is 0 Å². The first-order chi connectivity index (χ1) is 17.6. The summed E-state index contributed by atoms with van der Waals surface area (Å²) in [7, 11) is 3.26. The fraction of sp³-hybridized carbons (Fsp3) is 0.214. The van der Waals surface area contributed by atoms with Crippen LogP contribution in [0.25, 0.3) is 11.3 Å². The quantitative estimate of drug-likeness (QED) is 0.298. The lowest BCUT2D eigenvalue weighted by Crippen LogP contribution is -2.29. The molecule has 0 unspecified atom stereocenters. The van der Waals surface area contributed by atoms with E-state index in [2.05, 4.69) is 10.3 Å². The zero-order valence-electron chi connectivity index (χ0n) is 20.3. The van der Waals surface area contributed by atoms with Crippen molar-refractivity contribution >= 4 is 23.0 Å². The molecule has 1 fully saturated rings. The molecular weight excluding hydrogens is 474 g/mol. The van der Waals surface area contributed by atoms with Gasteiger partial charge in [-0.1, -0.05) is 6.07 Å². The molecule has 3 heterocycles. The number of rotatable bonds is 8. The van der Waals surface area contributed by atoms with Crippen LogP contribution >= 0.6 is 12.2 Å². The van der Waals surface area contributed by atoms with Crippen molar-refractivity contribution < 1.29 is 18.6 Å². The van der Waals surface area contributed by atoms with E-state index in [0.717, 1.165) is 34.2 Å². The van der Waals surface area contributed by atoms with Gasteiger partial charge >= 0.3 is 0 Å². The summed E-state index contributed by atoms with van der Waals surface area (Å²) in [6.07, 6.45) is 1.78. The van der Waals surface area contributed by atoms with E-state index in [1.54, 1.807) is 20.4 Å². The molecule has 2 atom stereocenters. The SMILES string of the molecule is CCOc1ccc(-c2ccc([C@@H]3[C@@H](c4ccccn4)NC(=S)N3c3ccc(OC)cc3OC)o2)cc1. The predicted octanol–water partition coefficient (Wildman–Crippen LogP) is 5.93. The summed E-state index contributed by atoms with van der Waals surface area (Å²) in [5.74, 6) is 3.67. The van der Waals surface area contributed by atoms with Crippen LogP contribution in [0.1, 0.15) is 30.5 Å². The molecular formula is C28H27N3O4S. The average Bonchev–Trinajstić information content (AvgIpc) is 3.54. The number of pyridine rings is 1. The highest BCUT2D eigenvalue weighted by molar-refractivity contribution is 7.80. The number of methoxy groups -OCH3 is 2. The zero-order chi connectivity index (χ0) is 25.1. The highest BCUT2D eigenvalue weighted by Crippen LogP contribution is 2.46. The van der Waals surface area contributed by atoms with Crippen LogP contribution in [-0.2, 0) is 0 Å². The number of aromatic nitrogens is 1. The smallest absolute Gasteiger partial charge is 0.174 e. The molecule has 2 aromatic heterocycles. The topological polar surface area (TPSA) is 69.0 Å². The molecule has 36 heavy (non-hydrogen) atoms. The van der Waals surface area contributed by atoms with Gasteiger partial charge in [-0.25, -0.2) is 0 Å². The molecule has 2 aromatic carbocycles. The maximum Gasteiger partial charge on any atom is 0.174 e. The Bertz CT molecular complexity index is 1340. The van der Waals surface area contributed by atoms with Crippen LogP contribution in [0.5, 0.6) is 17.2 Å². The van der Waals surface area contributed by atoms with E-state index in [1.807, 2.05) is 84.6 Å². The van der Waals surface area contributed by atoms with Crippen molar-refractivity contribution in [1.29, 1.82) is 0 Å². The van der Waals surface area contributed by atoms with Crippen LogP contribution in [0.15, 0.2) is 83.4 Å². The highest BCUT2D eigenvalue weighted by atomic mass is 32.1. The van der Waals surface area contributed by atoms with E-state index in [1.165, 1.54) is 0 Å². The van der Waals surface area contributed by atoms with Gasteiger partial charge in [-0.15, -0.1) is 0 Å². The van der Waals surface area contributed by atoms with Crippen molar-refractivity contribution in [2.45, 2.75) is 19.0 Å². The van der Waals surface area contributed by atoms with Gasteiger partial charge in [0.15, 0.2) is 5.11 Å². The van der Waals surface area contributed by atoms with Crippen molar-refractivity contribution in [2.75, 3.05) is 25.7 Å². The van der Waals surface area contributed by atoms with E-state index in [9.17, 15) is 0 Å². The third-order valence-electron chi connectivity index (χ3n) is 6.11. The first-order valence-electron chi connectivity index (χ1n) is 11.7. The molecule has 0 saturated carbocycles. The van der Waals surface area contributed by atoms with Gasteiger partial charge in [-0.2, -0.15) is 0 Å². The van der Waals surface area contributed by atoms with Crippen molar-refractivity contribution in [3.63, 3.8) is 0 Å². The molecule has 0 spiro atoms. The van der Waals surface area contributed by atoms with Crippen molar-refractivity contribution in [1.82, 2.24) is 10.3 Å². The second-order valence-electron chi connectivity index (χ2n) is 8.19. The summed E-state index contributed by atoms with van der Waals surface area (Å²) in [5.41, 5.74) is 2.62. The Kier molecular flexibility index (Phi) is 6.77. The standard InChI is InChI=1S/C28H27N3O4S/c1-4-34-19-10-8-18(9-11-19)23-14-15-24(35-23)27-26(21-7-5-6-16-29-21)30-28(36)31(27)22-13-12-20(32-2)17-25(22)33-3/h5-17,26-27H,4H2,1-3H3,(H,30,36)/t26-,27-/m1/s1. The van der Waals surface area contributed by atoms with E-state index in [-0.39, 0.29) is 12.1 Å². The number of benzene rings is 2. The van der Waals surface area contributed by atoms with Crippen molar-refractivity contribution in [2.24, 2.45) is 0 Å². The fourth-order valence-corrected chi connectivity index (χ4v) is 4.78. The third kappa shape index (κ3) is 4.47. The number of nitrogens with one attached hydrogen (secondary N) is 1. The number of furan rings is 1. The molecule has 1 aliphatic rings. The summed E-state index contributed by atoms with van der Waals surface area (Å²) in [5, 5.41) is 4.00. The number of nitrogens with zero attached hydrogens (tertiary/aromatic N) is 2. The minimum absolute atomic E-state index is 0.232. The molecule has 0 aliphatic carbocycles. The molecule has 4 aromatic rings. The number of anilines is 1. The summed E-state index contributed by atoms with van der Waals surface area (Å²) < 4.78 is 23.1. The van der Waals surface area contributed by atoms with Crippen LogP contribution in [0.2, 0.25) is 0 Å². The first kappa shape index (κ1) is 23.7. The van der Waals surface area contributed by atoms with E-state index < -0.39 is 0 Å². The Hall–Kier alpha value is -4.04. The highest BCUT2D eigenvalue weighted by Gasteiger charge is 2.43. The Labute approximate surface area is 215 Å². The molecule has 0 radical (unpaired) electrons. The number of hydrogen-bond donors (Lipinski definition) is 1. The van der Waals surface area contributed by atoms with Gasteiger partial charge < -0.3 is 28.8 Å². The fourth-order valence-electron chi connectivity index (χ4n) is 4.44. The number of ether oxygens (including phenoxy) is 3. The average molecular weight is 502 g/mol. The lowest BCUT2D eigenvalue weighted by atomic mass is 10.0. The Morgan fingerprint density at radius 1 is 0.972 bits per heavy atom. The van der Waals surface area contributed by atoms with Crippen LogP contribution in [-0.4, -0.2) is 30.9 Å². The van der Waals surface area contributed by atoms with Gasteiger partial charge in [-0.05, 0) is 79.8 Å². The van der Waals surface area contributed by atoms with Crippen LogP contribution in [0.4, 0.5) is 5.69 Å². The Morgan fingerprint density at radius 2 is 1.78 bits per heavy atom. The predicted molar refractivity (Wildman–Crippen MR) is 143 cm³/mol. The minimum Gasteiger partial charge on any atom is -0.497 e. The molecule has 5 rings (SSSR count). The van der Waals surface area contributed by atoms with Gasteiger partial charge in [0.2, 0.25) is 0 Å². The van der Waals surface area contributed by atoms with Crippen LogP contribution in [0, 0.1) is 0 Å². The first-order valence-corrected chi connectivity index (χ1v) is 12.1. The monoisotopic (exact) mass is 501 g/mol. The summed E-state index contributed by atoms with van der Waals surface area (Å²) in [6, 6.07) is 22.8. The molecule has 0 bridgehead atoms. The molecule has 184 valence electrons. The zero-order valence-corrected chi connectivity index (χ0v) is 21.1. The van der Waals surface area contributed by atoms with Crippen LogP contribution in [0.3, 0.4) is 0 Å². The van der Waals surface area contributed by atoms with Gasteiger partial charge in [0.05, 0.1) is 38.2 Å². The van der Waals surface area contributed by atoms with Gasteiger partial charge in [-0.3, -0.25) is 4.98 Å². The maximum atomic E-state index is 6.45. The largest absolute Gasteiger partial charge is 0.497 e. The number of hydrogen-bond acceptors (Lipinski definition) is 6. The summed E-state index contributed by atoms with van der Waals surface area (Å²) in [4.78, 5) is 6.63. The van der Waals surface area contributed by atoms with E-state index in [4.69, 9.17) is 30.8 Å². The number of thiocarbonyl (C=S) groups is 1. The lowest BCUT2D eigenvalue weighted by Gasteiger charge is -2.27. The Morgan fingerprint density at radius 3 is 2.47 bits per heavy atom.